The lowest BCUT2D eigenvalue weighted by molar-refractivity contribution is -0.167. The summed E-state index contributed by atoms with van der Waals surface area (Å²) in [6.45, 7) is 6.53. The third kappa shape index (κ3) is 63.6. The average Bonchev–Trinajstić information content (AvgIpc) is 3.43. The molecule has 0 aromatic heterocycles. The van der Waals surface area contributed by atoms with Crippen molar-refractivity contribution in [3.05, 3.63) is 72.9 Å². The largest absolute Gasteiger partial charge is 0.462 e. The molecule has 0 heterocycles. The second-order valence-electron chi connectivity index (χ2n) is 22.4. The van der Waals surface area contributed by atoms with Crippen molar-refractivity contribution in [2.75, 3.05) is 13.2 Å². The van der Waals surface area contributed by atoms with E-state index in [0.29, 0.717) is 19.3 Å². The van der Waals surface area contributed by atoms with Gasteiger partial charge in [-0.15, -0.1) is 0 Å². The SMILES string of the molecule is CC/C=C\C/C=C\C/C=C\C/C=C\CCCCC(=O)OCC(COC(=O)CCCCCCCCCCCCC/C=C\C/C=C\CCCCCCC)OC(=O)CCCCCCCCCCCCCCCCCCCCCCC. The highest BCUT2D eigenvalue weighted by atomic mass is 16.6. The lowest BCUT2D eigenvalue weighted by atomic mass is 10.0. The number of ether oxygens (including phenoxy) is 3. The maximum Gasteiger partial charge on any atom is 0.306 e. The van der Waals surface area contributed by atoms with Gasteiger partial charge < -0.3 is 14.2 Å². The molecule has 0 aliphatic heterocycles. The lowest BCUT2D eigenvalue weighted by Crippen LogP contribution is -2.30. The molecule has 6 nitrogen and oxygen atoms in total. The van der Waals surface area contributed by atoms with Gasteiger partial charge in [0.05, 0.1) is 0 Å². The van der Waals surface area contributed by atoms with E-state index in [0.717, 1.165) is 89.9 Å². The van der Waals surface area contributed by atoms with Gasteiger partial charge in [-0.2, -0.15) is 0 Å². The zero-order valence-corrected chi connectivity index (χ0v) is 51.2. The summed E-state index contributed by atoms with van der Waals surface area (Å²) < 4.78 is 16.9. The smallest absolute Gasteiger partial charge is 0.306 e. The molecule has 0 aromatic rings. The first-order chi connectivity index (χ1) is 38.0. The van der Waals surface area contributed by atoms with Gasteiger partial charge in [0.25, 0.3) is 0 Å². The van der Waals surface area contributed by atoms with Gasteiger partial charge in [0, 0.05) is 19.3 Å². The van der Waals surface area contributed by atoms with Gasteiger partial charge in [0.2, 0.25) is 0 Å². The molecule has 0 saturated carbocycles. The van der Waals surface area contributed by atoms with Crippen molar-refractivity contribution < 1.29 is 28.6 Å². The van der Waals surface area contributed by atoms with Crippen molar-refractivity contribution in [3.8, 4) is 0 Å². The Morgan fingerprint density at radius 2 is 0.506 bits per heavy atom. The van der Waals surface area contributed by atoms with Crippen LogP contribution in [-0.2, 0) is 28.6 Å². The fraction of sp³-hybridized carbons (Fsp3) is 0.789. The van der Waals surface area contributed by atoms with Gasteiger partial charge in [-0.05, 0) is 89.9 Å². The van der Waals surface area contributed by atoms with Crippen molar-refractivity contribution in [1.29, 1.82) is 0 Å². The van der Waals surface area contributed by atoms with E-state index in [9.17, 15) is 14.4 Å². The molecule has 446 valence electrons. The molecule has 77 heavy (non-hydrogen) atoms. The Hall–Kier alpha value is -3.15. The summed E-state index contributed by atoms with van der Waals surface area (Å²) in [5, 5.41) is 0. The molecule has 0 spiro atoms. The van der Waals surface area contributed by atoms with Gasteiger partial charge in [0.15, 0.2) is 6.10 Å². The first-order valence-corrected chi connectivity index (χ1v) is 33.4. The minimum atomic E-state index is -0.793. The summed E-state index contributed by atoms with van der Waals surface area (Å²) in [5.41, 5.74) is 0. The van der Waals surface area contributed by atoms with Gasteiger partial charge in [-0.3, -0.25) is 14.4 Å². The predicted octanol–water partition coefficient (Wildman–Crippen LogP) is 22.9. The van der Waals surface area contributed by atoms with Crippen LogP contribution < -0.4 is 0 Å². The summed E-state index contributed by atoms with van der Waals surface area (Å²) in [6.07, 6.45) is 84.9. The summed E-state index contributed by atoms with van der Waals surface area (Å²) in [7, 11) is 0. The van der Waals surface area contributed by atoms with Crippen molar-refractivity contribution in [2.24, 2.45) is 0 Å². The molecular formula is C71H126O6. The summed E-state index contributed by atoms with van der Waals surface area (Å²) in [6, 6.07) is 0. The zero-order valence-electron chi connectivity index (χ0n) is 51.2. The maximum absolute atomic E-state index is 12.9. The number of hydrogen-bond acceptors (Lipinski definition) is 6. The average molecular weight is 1080 g/mol. The Morgan fingerprint density at radius 1 is 0.273 bits per heavy atom. The van der Waals surface area contributed by atoms with E-state index in [1.54, 1.807) is 0 Å². The number of unbranched alkanes of at least 4 members (excludes halogenated alkanes) is 38. The fourth-order valence-electron chi connectivity index (χ4n) is 9.70. The second-order valence-corrected chi connectivity index (χ2v) is 22.4. The van der Waals surface area contributed by atoms with E-state index in [-0.39, 0.29) is 31.1 Å². The van der Waals surface area contributed by atoms with Gasteiger partial charge in [-0.25, -0.2) is 0 Å². The molecule has 0 aliphatic carbocycles. The Balaban J connectivity index is 4.35. The minimum absolute atomic E-state index is 0.0867. The van der Waals surface area contributed by atoms with Crippen molar-refractivity contribution in [2.45, 2.75) is 348 Å². The molecule has 0 rings (SSSR count). The highest BCUT2D eigenvalue weighted by molar-refractivity contribution is 5.71. The van der Waals surface area contributed by atoms with Crippen LogP contribution in [0.25, 0.3) is 0 Å². The molecule has 0 radical (unpaired) electrons. The summed E-state index contributed by atoms with van der Waals surface area (Å²) >= 11 is 0. The van der Waals surface area contributed by atoms with Crippen molar-refractivity contribution in [1.82, 2.24) is 0 Å². The Morgan fingerprint density at radius 3 is 0.818 bits per heavy atom. The van der Waals surface area contributed by atoms with Crippen LogP contribution >= 0.6 is 0 Å². The molecule has 6 heteroatoms. The van der Waals surface area contributed by atoms with Gasteiger partial charge in [-0.1, -0.05) is 306 Å². The normalized spacial score (nSPS) is 12.5. The van der Waals surface area contributed by atoms with Crippen LogP contribution in [0.3, 0.4) is 0 Å². The van der Waals surface area contributed by atoms with Crippen molar-refractivity contribution >= 4 is 17.9 Å². The second kappa shape index (κ2) is 65.4. The molecular weight excluding hydrogens is 949 g/mol. The third-order valence-electron chi connectivity index (χ3n) is 14.7. The predicted molar refractivity (Wildman–Crippen MR) is 335 cm³/mol. The maximum atomic E-state index is 12.9. The van der Waals surface area contributed by atoms with Crippen LogP contribution in [0.1, 0.15) is 342 Å². The van der Waals surface area contributed by atoms with Crippen LogP contribution in [0.5, 0.6) is 0 Å². The standard InChI is InChI=1S/C71H126O6/c1-4-7-10-13-16-19-22-25-28-30-32-34-35-37-38-40-43-46-49-52-55-58-61-64-70(73)76-67-68(66-75-69(72)63-60-57-54-51-48-45-42-27-24-21-18-15-12-9-6-3)77-71(74)65-62-59-56-53-50-47-44-41-39-36-33-31-29-26-23-20-17-14-11-8-5-2/h9,12,18,21-22,25,27,30,32,42,48,51,68H,4-8,10-11,13-17,19-20,23-24,26,28-29,31,33-41,43-47,49-50,52-67H2,1-3H3/b12-9-,21-18-,25-22-,32-30-,42-27-,51-48-. The molecule has 0 fully saturated rings. The Kier molecular flexibility index (Phi) is 62.7. The van der Waals surface area contributed by atoms with E-state index in [2.05, 4.69) is 93.7 Å². The summed E-state index contributed by atoms with van der Waals surface area (Å²) in [5.74, 6) is -0.913. The van der Waals surface area contributed by atoms with E-state index in [1.165, 1.54) is 212 Å². The molecule has 0 amide bonds. The third-order valence-corrected chi connectivity index (χ3v) is 14.7. The number of rotatable bonds is 61. The minimum Gasteiger partial charge on any atom is -0.462 e. The first kappa shape index (κ1) is 73.8. The van der Waals surface area contributed by atoms with E-state index in [4.69, 9.17) is 14.2 Å². The van der Waals surface area contributed by atoms with Crippen LogP contribution in [-0.4, -0.2) is 37.2 Å². The monoisotopic (exact) mass is 1070 g/mol. The number of allylic oxidation sites excluding steroid dienone is 12. The molecule has 0 aromatic carbocycles. The quantitative estimate of drug-likeness (QED) is 0.0261. The first-order valence-electron chi connectivity index (χ1n) is 33.4. The summed E-state index contributed by atoms with van der Waals surface area (Å²) in [4.78, 5) is 38.4. The molecule has 1 unspecified atom stereocenters. The van der Waals surface area contributed by atoms with E-state index < -0.39 is 6.10 Å². The number of carbonyl (C=O) groups is 3. The van der Waals surface area contributed by atoms with Crippen LogP contribution in [0.4, 0.5) is 0 Å². The molecule has 0 N–H and O–H groups in total. The highest BCUT2D eigenvalue weighted by Crippen LogP contribution is 2.17. The molecule has 0 saturated heterocycles. The Labute approximate surface area is 478 Å². The van der Waals surface area contributed by atoms with Crippen molar-refractivity contribution in [3.63, 3.8) is 0 Å². The van der Waals surface area contributed by atoms with Crippen LogP contribution in [0.15, 0.2) is 72.9 Å². The molecule has 1 atom stereocenters. The van der Waals surface area contributed by atoms with Gasteiger partial charge >= 0.3 is 17.9 Å². The topological polar surface area (TPSA) is 78.9 Å². The number of esters is 3. The van der Waals surface area contributed by atoms with E-state index >= 15 is 0 Å². The lowest BCUT2D eigenvalue weighted by Gasteiger charge is -2.18. The number of hydrogen-bond donors (Lipinski definition) is 0. The van der Waals surface area contributed by atoms with Crippen LogP contribution in [0.2, 0.25) is 0 Å². The highest BCUT2D eigenvalue weighted by Gasteiger charge is 2.19. The van der Waals surface area contributed by atoms with Crippen LogP contribution in [0, 0.1) is 0 Å². The van der Waals surface area contributed by atoms with Gasteiger partial charge in [0.1, 0.15) is 13.2 Å². The zero-order chi connectivity index (χ0) is 55.7. The van der Waals surface area contributed by atoms with E-state index in [1.807, 2.05) is 0 Å². The molecule has 0 bridgehead atoms. The Bertz CT molecular complexity index is 1420. The fourth-order valence-corrected chi connectivity index (χ4v) is 9.70. The molecule has 0 aliphatic rings. The number of carbonyl (C=O) groups excluding carboxylic acids is 3.